The Morgan fingerprint density at radius 3 is 2.50 bits per heavy atom. The highest BCUT2D eigenvalue weighted by atomic mass is 35.5. The Labute approximate surface area is 120 Å². The maximum Gasteiger partial charge on any atom is 0.418 e. The first-order chi connectivity index (χ1) is 9.41. The van der Waals surface area contributed by atoms with Crippen LogP contribution in [0, 0.1) is 0 Å². The van der Waals surface area contributed by atoms with Crippen LogP contribution < -0.4 is 10.6 Å². The second-order valence-electron chi connectivity index (χ2n) is 4.63. The fraction of sp³-hybridized carbons (Fsp3) is 0.462. The van der Waals surface area contributed by atoms with Gasteiger partial charge in [0.25, 0.3) is 0 Å². The average molecular weight is 306 g/mol. The molecule has 1 aromatic rings. The molecule has 0 amide bonds. The second-order valence-corrected chi connectivity index (χ2v) is 4.90. The first-order valence-corrected chi connectivity index (χ1v) is 6.80. The van der Waals surface area contributed by atoms with Crippen LogP contribution in [0.1, 0.15) is 18.4 Å². The molecule has 0 aliphatic carbocycles. The van der Waals surface area contributed by atoms with E-state index >= 15 is 0 Å². The van der Waals surface area contributed by atoms with E-state index in [1.807, 2.05) is 0 Å². The van der Waals surface area contributed by atoms with Gasteiger partial charge in [0.15, 0.2) is 0 Å². The molecule has 1 saturated heterocycles. The number of amidine groups is 1. The maximum absolute atomic E-state index is 13.2. The normalized spacial score (nSPS) is 16.8. The summed E-state index contributed by atoms with van der Waals surface area (Å²) in [5.41, 5.74) is 5.14. The van der Waals surface area contributed by atoms with Crippen molar-refractivity contribution in [3.05, 3.63) is 23.8 Å². The van der Waals surface area contributed by atoms with E-state index in [0.29, 0.717) is 13.1 Å². The average Bonchev–Trinajstić information content (AvgIpc) is 2.91. The molecule has 3 nitrogen and oxygen atoms in total. The quantitative estimate of drug-likeness (QED) is 0.527. The lowest BCUT2D eigenvalue weighted by molar-refractivity contribution is -0.137. The van der Waals surface area contributed by atoms with Gasteiger partial charge in [0.1, 0.15) is 5.84 Å². The third-order valence-electron chi connectivity index (χ3n) is 3.14. The lowest BCUT2D eigenvalue weighted by Gasteiger charge is -2.22. The van der Waals surface area contributed by atoms with Crippen LogP contribution in [0.3, 0.4) is 0 Å². The summed E-state index contributed by atoms with van der Waals surface area (Å²) in [4.78, 5) is 5.61. The van der Waals surface area contributed by atoms with Gasteiger partial charge in [0.2, 0.25) is 0 Å². The molecule has 0 unspecified atom stereocenters. The molecule has 2 rings (SSSR count). The van der Waals surface area contributed by atoms with Gasteiger partial charge >= 0.3 is 6.18 Å². The van der Waals surface area contributed by atoms with Crippen molar-refractivity contribution in [2.45, 2.75) is 19.0 Å². The van der Waals surface area contributed by atoms with Crippen molar-refractivity contribution in [2.75, 3.05) is 23.9 Å². The summed E-state index contributed by atoms with van der Waals surface area (Å²) in [6, 6.07) is 4.00. The number of aliphatic imine (C=N–C) groups is 1. The number of nitrogens with zero attached hydrogens (tertiary/aromatic N) is 2. The zero-order valence-electron chi connectivity index (χ0n) is 10.8. The maximum atomic E-state index is 13.2. The predicted octanol–water partition coefficient (Wildman–Crippen LogP) is 3.53. The lowest BCUT2D eigenvalue weighted by atomic mass is 10.1. The number of hydrogen-bond acceptors (Lipinski definition) is 2. The fourth-order valence-electron chi connectivity index (χ4n) is 2.25. The molecule has 1 aliphatic heterocycles. The number of halogens is 4. The van der Waals surface area contributed by atoms with E-state index < -0.39 is 11.7 Å². The summed E-state index contributed by atoms with van der Waals surface area (Å²) in [6.07, 6.45) is -2.59. The van der Waals surface area contributed by atoms with E-state index in [0.717, 1.165) is 18.9 Å². The molecule has 0 radical (unpaired) electrons. The number of nitrogens with two attached hydrogens (primary N) is 1. The third kappa shape index (κ3) is 3.36. The van der Waals surface area contributed by atoms with Gasteiger partial charge in [-0.2, -0.15) is 13.2 Å². The summed E-state index contributed by atoms with van der Waals surface area (Å²) >= 11 is 5.48. The summed E-state index contributed by atoms with van der Waals surface area (Å²) in [5.74, 6) is 0.0728. The molecule has 2 N–H and O–H groups in total. The van der Waals surface area contributed by atoms with Crippen LogP contribution in [0.2, 0.25) is 0 Å². The molecule has 110 valence electrons. The van der Waals surface area contributed by atoms with Gasteiger partial charge in [-0.3, -0.25) is 0 Å². The van der Waals surface area contributed by atoms with Gasteiger partial charge in [-0.25, -0.2) is 4.99 Å². The van der Waals surface area contributed by atoms with Crippen LogP contribution in [0.25, 0.3) is 0 Å². The molecule has 0 saturated carbocycles. The van der Waals surface area contributed by atoms with Crippen molar-refractivity contribution in [3.8, 4) is 0 Å². The zero-order chi connectivity index (χ0) is 14.8. The monoisotopic (exact) mass is 305 g/mol. The molecule has 0 spiro atoms. The van der Waals surface area contributed by atoms with Crippen molar-refractivity contribution >= 4 is 28.8 Å². The first-order valence-electron chi connectivity index (χ1n) is 6.27. The van der Waals surface area contributed by atoms with Gasteiger partial charge in [-0.1, -0.05) is 0 Å². The predicted molar refractivity (Wildman–Crippen MR) is 74.9 cm³/mol. The number of alkyl halides is 4. The topological polar surface area (TPSA) is 41.6 Å². The Morgan fingerprint density at radius 1 is 1.30 bits per heavy atom. The van der Waals surface area contributed by atoms with Gasteiger partial charge in [0, 0.05) is 18.8 Å². The number of rotatable bonds is 3. The van der Waals surface area contributed by atoms with E-state index in [1.54, 1.807) is 4.90 Å². The standard InChI is InChI=1S/C13H15ClF3N3/c14-8-12(18)19-9-3-4-11(20-5-1-2-6-20)10(7-9)13(15,16)17/h3-4,7H,1-2,5-6,8H2,(H2,18,19). The highest BCUT2D eigenvalue weighted by Crippen LogP contribution is 2.39. The first kappa shape index (κ1) is 15.0. The molecular formula is C13H15ClF3N3. The summed E-state index contributed by atoms with van der Waals surface area (Å²) in [5, 5.41) is 0. The number of anilines is 1. The molecule has 0 bridgehead atoms. The molecule has 0 atom stereocenters. The number of hydrogen-bond donors (Lipinski definition) is 1. The van der Waals surface area contributed by atoms with Crippen molar-refractivity contribution in [2.24, 2.45) is 10.7 Å². The molecule has 0 aromatic heterocycles. The van der Waals surface area contributed by atoms with Crippen LogP contribution in [0.4, 0.5) is 24.5 Å². The summed E-state index contributed by atoms with van der Waals surface area (Å²) in [6.45, 7) is 1.30. The van der Waals surface area contributed by atoms with Gasteiger partial charge in [-0.05, 0) is 31.0 Å². The third-order valence-corrected chi connectivity index (χ3v) is 3.42. The minimum Gasteiger partial charge on any atom is -0.386 e. The lowest BCUT2D eigenvalue weighted by Crippen LogP contribution is -2.22. The summed E-state index contributed by atoms with van der Waals surface area (Å²) < 4.78 is 39.5. The minimum atomic E-state index is -4.42. The Hall–Kier alpha value is -1.43. The molecule has 1 aromatic carbocycles. The molecule has 1 aliphatic rings. The fourth-order valence-corrected chi connectivity index (χ4v) is 2.31. The summed E-state index contributed by atoms with van der Waals surface area (Å²) in [7, 11) is 0. The highest BCUT2D eigenvalue weighted by Gasteiger charge is 2.35. The highest BCUT2D eigenvalue weighted by molar-refractivity contribution is 6.28. The van der Waals surface area contributed by atoms with Crippen molar-refractivity contribution in [1.29, 1.82) is 0 Å². The van der Waals surface area contributed by atoms with Gasteiger partial charge < -0.3 is 10.6 Å². The Balaban J connectivity index is 2.43. The Morgan fingerprint density at radius 2 is 1.95 bits per heavy atom. The largest absolute Gasteiger partial charge is 0.418 e. The zero-order valence-corrected chi connectivity index (χ0v) is 11.5. The Bertz CT molecular complexity index is 508. The van der Waals surface area contributed by atoms with Gasteiger partial charge in [0.05, 0.1) is 17.1 Å². The van der Waals surface area contributed by atoms with Crippen molar-refractivity contribution < 1.29 is 13.2 Å². The van der Waals surface area contributed by atoms with Crippen LogP contribution >= 0.6 is 11.6 Å². The van der Waals surface area contributed by atoms with Crippen molar-refractivity contribution in [3.63, 3.8) is 0 Å². The van der Waals surface area contributed by atoms with E-state index in [4.69, 9.17) is 17.3 Å². The van der Waals surface area contributed by atoms with Crippen LogP contribution in [0.15, 0.2) is 23.2 Å². The molecule has 1 heterocycles. The second kappa shape index (κ2) is 5.91. The number of benzene rings is 1. The molecule has 7 heteroatoms. The van der Waals surface area contributed by atoms with Crippen LogP contribution in [-0.4, -0.2) is 24.8 Å². The van der Waals surface area contributed by atoms with E-state index in [9.17, 15) is 13.2 Å². The molecule has 1 fully saturated rings. The SMILES string of the molecule is NC(CCl)=Nc1ccc(N2CCCC2)c(C(F)(F)F)c1. The molecule has 20 heavy (non-hydrogen) atoms. The van der Waals surface area contributed by atoms with E-state index in [1.165, 1.54) is 12.1 Å². The smallest absolute Gasteiger partial charge is 0.386 e. The van der Waals surface area contributed by atoms with Crippen molar-refractivity contribution in [1.82, 2.24) is 0 Å². The molecular weight excluding hydrogens is 291 g/mol. The van der Waals surface area contributed by atoms with E-state index in [2.05, 4.69) is 4.99 Å². The minimum absolute atomic E-state index is 0.0186. The van der Waals surface area contributed by atoms with E-state index in [-0.39, 0.29) is 23.1 Å². The van der Waals surface area contributed by atoms with Crippen LogP contribution in [0.5, 0.6) is 0 Å². The van der Waals surface area contributed by atoms with Crippen LogP contribution in [-0.2, 0) is 6.18 Å². The van der Waals surface area contributed by atoms with Gasteiger partial charge in [-0.15, -0.1) is 11.6 Å². The Kier molecular flexibility index (Phi) is 4.42.